The molecule has 2 aromatic rings. The van der Waals surface area contributed by atoms with Crippen LogP contribution in [0.25, 0.3) is 0 Å². The van der Waals surface area contributed by atoms with Crippen LogP contribution in [0.15, 0.2) is 48.5 Å². The molecule has 0 heterocycles. The van der Waals surface area contributed by atoms with E-state index in [0.29, 0.717) is 5.69 Å². The molecule has 0 bridgehead atoms. The third kappa shape index (κ3) is 3.03. The van der Waals surface area contributed by atoms with Gasteiger partial charge in [0.15, 0.2) is 0 Å². The van der Waals surface area contributed by atoms with Crippen LogP contribution >= 0.6 is 0 Å². The summed E-state index contributed by atoms with van der Waals surface area (Å²) >= 11 is 0. The Morgan fingerprint density at radius 3 is 2.50 bits per heavy atom. The van der Waals surface area contributed by atoms with E-state index < -0.39 is 0 Å². The number of anilines is 1. The summed E-state index contributed by atoms with van der Waals surface area (Å²) in [6.45, 7) is 0. The van der Waals surface area contributed by atoms with Crippen LogP contribution in [0.1, 0.15) is 18.4 Å². The number of hydrogen-bond acceptors (Lipinski definition) is 2. The van der Waals surface area contributed by atoms with E-state index in [1.165, 1.54) is 12.1 Å². The van der Waals surface area contributed by atoms with Crippen LogP contribution in [-0.2, 0) is 5.54 Å². The molecule has 0 spiro atoms. The second kappa shape index (κ2) is 5.67. The molecule has 1 saturated carbocycles. The van der Waals surface area contributed by atoms with Crippen LogP contribution in [0.5, 0.6) is 5.75 Å². The van der Waals surface area contributed by atoms with E-state index >= 15 is 0 Å². The highest BCUT2D eigenvalue weighted by molar-refractivity contribution is 5.90. The fourth-order valence-corrected chi connectivity index (χ4v) is 2.47. The highest BCUT2D eigenvalue weighted by Crippen LogP contribution is 2.45. The Labute approximate surface area is 128 Å². The van der Waals surface area contributed by atoms with Gasteiger partial charge in [0.25, 0.3) is 0 Å². The number of amides is 2. The smallest absolute Gasteiger partial charge is 0.319 e. The molecule has 2 N–H and O–H groups in total. The zero-order valence-electron chi connectivity index (χ0n) is 12.2. The Kier molecular flexibility index (Phi) is 3.71. The highest BCUT2D eigenvalue weighted by atomic mass is 19.1. The molecular formula is C17H17FN2O2. The van der Waals surface area contributed by atoms with Crippen molar-refractivity contribution in [3.05, 3.63) is 59.9 Å². The Morgan fingerprint density at radius 1 is 1.18 bits per heavy atom. The third-order valence-corrected chi connectivity index (χ3v) is 3.83. The molecule has 2 aromatic carbocycles. The van der Waals surface area contributed by atoms with Crippen LogP contribution in [0.2, 0.25) is 0 Å². The average Bonchev–Trinajstić information content (AvgIpc) is 3.28. The first-order valence-electron chi connectivity index (χ1n) is 7.11. The molecule has 0 radical (unpaired) electrons. The van der Waals surface area contributed by atoms with E-state index in [4.69, 9.17) is 4.74 Å². The van der Waals surface area contributed by atoms with Crippen molar-refractivity contribution in [3.63, 3.8) is 0 Å². The first-order chi connectivity index (χ1) is 10.6. The van der Waals surface area contributed by atoms with Crippen molar-refractivity contribution < 1.29 is 13.9 Å². The molecule has 0 aliphatic heterocycles. The Bertz CT molecular complexity index is 681. The fourth-order valence-electron chi connectivity index (χ4n) is 2.47. The van der Waals surface area contributed by atoms with E-state index in [1.807, 2.05) is 24.3 Å². The quantitative estimate of drug-likeness (QED) is 0.905. The second-order valence-corrected chi connectivity index (χ2v) is 5.40. The number of halogens is 1. The molecule has 5 heteroatoms. The molecule has 3 rings (SSSR count). The molecule has 4 nitrogen and oxygen atoms in total. The lowest BCUT2D eigenvalue weighted by Crippen LogP contribution is -2.38. The lowest BCUT2D eigenvalue weighted by Gasteiger charge is -2.19. The summed E-state index contributed by atoms with van der Waals surface area (Å²) in [5.74, 6) is 0.401. The van der Waals surface area contributed by atoms with Crippen LogP contribution in [-0.4, -0.2) is 13.1 Å². The normalized spacial score (nSPS) is 15.0. The van der Waals surface area contributed by atoms with Crippen LogP contribution < -0.4 is 15.4 Å². The van der Waals surface area contributed by atoms with Crippen molar-refractivity contribution in [2.24, 2.45) is 0 Å². The average molecular weight is 300 g/mol. The minimum atomic E-state index is -0.380. The van der Waals surface area contributed by atoms with Crippen molar-refractivity contribution in [3.8, 4) is 5.75 Å². The maximum atomic E-state index is 13.1. The van der Waals surface area contributed by atoms with Gasteiger partial charge in [-0.15, -0.1) is 0 Å². The standard InChI is InChI=1S/C17H17FN2O2/c1-22-15-7-5-12(6-8-15)17(9-10-17)20-16(21)19-14-4-2-3-13(18)11-14/h2-8,11H,9-10H2,1H3,(H2,19,20,21). The zero-order chi connectivity index (χ0) is 15.6. The molecule has 0 aromatic heterocycles. The van der Waals surface area contributed by atoms with Gasteiger partial charge in [0.2, 0.25) is 0 Å². The molecule has 22 heavy (non-hydrogen) atoms. The number of benzene rings is 2. The summed E-state index contributed by atoms with van der Waals surface area (Å²) < 4.78 is 18.3. The number of rotatable bonds is 4. The van der Waals surface area contributed by atoms with E-state index in [0.717, 1.165) is 24.2 Å². The van der Waals surface area contributed by atoms with Crippen LogP contribution in [0, 0.1) is 5.82 Å². The Balaban J connectivity index is 1.67. The van der Waals surface area contributed by atoms with Gasteiger partial charge < -0.3 is 15.4 Å². The maximum absolute atomic E-state index is 13.1. The van der Waals surface area contributed by atoms with Gasteiger partial charge in [0, 0.05) is 5.69 Å². The van der Waals surface area contributed by atoms with Crippen molar-refractivity contribution in [1.29, 1.82) is 0 Å². The van der Waals surface area contributed by atoms with Gasteiger partial charge in [-0.3, -0.25) is 0 Å². The number of nitrogens with one attached hydrogen (secondary N) is 2. The first kappa shape index (κ1) is 14.4. The predicted molar refractivity (Wildman–Crippen MR) is 82.5 cm³/mol. The second-order valence-electron chi connectivity index (χ2n) is 5.40. The molecule has 0 saturated heterocycles. The SMILES string of the molecule is COc1ccc(C2(NC(=O)Nc3cccc(F)c3)CC2)cc1. The number of urea groups is 1. The molecule has 1 fully saturated rings. The topological polar surface area (TPSA) is 50.4 Å². The Hall–Kier alpha value is -2.56. The number of carbonyl (C=O) groups excluding carboxylic acids is 1. The van der Waals surface area contributed by atoms with Gasteiger partial charge in [0.1, 0.15) is 11.6 Å². The Morgan fingerprint density at radius 2 is 1.91 bits per heavy atom. The molecular weight excluding hydrogens is 283 g/mol. The molecule has 114 valence electrons. The summed E-state index contributed by atoms with van der Waals surface area (Å²) in [6, 6.07) is 13.1. The molecule has 0 unspecified atom stereocenters. The number of ether oxygens (including phenoxy) is 1. The first-order valence-corrected chi connectivity index (χ1v) is 7.11. The summed E-state index contributed by atoms with van der Waals surface area (Å²) in [4.78, 5) is 12.1. The lowest BCUT2D eigenvalue weighted by atomic mass is 10.1. The van der Waals surface area contributed by atoms with Gasteiger partial charge >= 0.3 is 6.03 Å². The number of hydrogen-bond donors (Lipinski definition) is 2. The summed E-state index contributed by atoms with van der Waals surface area (Å²) in [6.07, 6.45) is 1.77. The van der Waals surface area contributed by atoms with Crippen LogP contribution in [0.3, 0.4) is 0 Å². The van der Waals surface area contributed by atoms with Gasteiger partial charge in [-0.25, -0.2) is 9.18 Å². The van der Waals surface area contributed by atoms with Gasteiger partial charge in [0.05, 0.1) is 12.6 Å². The summed E-state index contributed by atoms with van der Waals surface area (Å²) in [7, 11) is 1.62. The van der Waals surface area contributed by atoms with Crippen molar-refractivity contribution in [2.75, 3.05) is 12.4 Å². The van der Waals surface area contributed by atoms with Crippen molar-refractivity contribution in [2.45, 2.75) is 18.4 Å². The van der Waals surface area contributed by atoms with E-state index in [2.05, 4.69) is 10.6 Å². The monoisotopic (exact) mass is 300 g/mol. The predicted octanol–water partition coefficient (Wildman–Crippen LogP) is 3.65. The van der Waals surface area contributed by atoms with Gasteiger partial charge in [-0.05, 0) is 48.7 Å². The van der Waals surface area contributed by atoms with Crippen molar-refractivity contribution in [1.82, 2.24) is 5.32 Å². The van der Waals surface area contributed by atoms with E-state index in [1.54, 1.807) is 19.2 Å². The van der Waals surface area contributed by atoms with Gasteiger partial charge in [-0.2, -0.15) is 0 Å². The van der Waals surface area contributed by atoms with Crippen molar-refractivity contribution >= 4 is 11.7 Å². The minimum absolute atomic E-state index is 0.330. The molecule has 0 atom stereocenters. The molecule has 2 amide bonds. The lowest BCUT2D eigenvalue weighted by molar-refractivity contribution is 0.247. The van der Waals surface area contributed by atoms with Crippen LogP contribution in [0.4, 0.5) is 14.9 Å². The molecule has 1 aliphatic rings. The van der Waals surface area contributed by atoms with E-state index in [-0.39, 0.29) is 17.4 Å². The van der Waals surface area contributed by atoms with Gasteiger partial charge in [-0.1, -0.05) is 18.2 Å². The number of methoxy groups -OCH3 is 1. The zero-order valence-corrected chi connectivity index (χ0v) is 12.2. The third-order valence-electron chi connectivity index (χ3n) is 3.83. The highest BCUT2D eigenvalue weighted by Gasteiger charge is 2.45. The fraction of sp³-hybridized carbons (Fsp3) is 0.235. The maximum Gasteiger partial charge on any atom is 0.319 e. The minimum Gasteiger partial charge on any atom is -0.497 e. The summed E-state index contributed by atoms with van der Waals surface area (Å²) in [5.41, 5.74) is 1.15. The molecule has 1 aliphatic carbocycles. The largest absolute Gasteiger partial charge is 0.497 e. The number of carbonyl (C=O) groups is 1. The van der Waals surface area contributed by atoms with E-state index in [9.17, 15) is 9.18 Å². The summed E-state index contributed by atoms with van der Waals surface area (Å²) in [5, 5.41) is 5.63.